The van der Waals surface area contributed by atoms with Crippen molar-refractivity contribution in [2.45, 2.75) is 0 Å². The van der Waals surface area contributed by atoms with Gasteiger partial charge in [-0.25, -0.2) is 0 Å². The molecule has 0 aliphatic rings. The highest BCUT2D eigenvalue weighted by Crippen LogP contribution is 2.26. The van der Waals surface area contributed by atoms with E-state index in [-0.39, 0.29) is 16.1 Å². The van der Waals surface area contributed by atoms with Gasteiger partial charge in [-0.2, -0.15) is 0 Å². The molecular weight excluding hydrogens is 290 g/mol. The van der Waals surface area contributed by atoms with Gasteiger partial charge in [0.15, 0.2) is 0 Å². The van der Waals surface area contributed by atoms with Gasteiger partial charge in [0.25, 0.3) is 5.91 Å². The quantitative estimate of drug-likeness (QED) is 0.739. The van der Waals surface area contributed by atoms with Crippen molar-refractivity contribution < 1.29 is 9.53 Å². The number of hydrogen-bond acceptors (Lipinski definition) is 4. The molecular formula is C14H13N3O3S. The zero-order valence-corrected chi connectivity index (χ0v) is 12.0. The first-order valence-electron chi connectivity index (χ1n) is 5.99. The Balaban J connectivity index is 2.29. The third-order valence-electron chi connectivity index (χ3n) is 2.77. The molecule has 4 N–H and O–H groups in total. The highest BCUT2D eigenvalue weighted by Gasteiger charge is 2.11. The van der Waals surface area contributed by atoms with Crippen LogP contribution in [0.15, 0.2) is 41.3 Å². The summed E-state index contributed by atoms with van der Waals surface area (Å²) in [4.78, 5) is 26.0. The van der Waals surface area contributed by atoms with Crippen LogP contribution in [0.4, 0.5) is 5.69 Å². The summed E-state index contributed by atoms with van der Waals surface area (Å²) in [6.45, 7) is 0. The van der Waals surface area contributed by atoms with E-state index in [4.69, 9.17) is 22.7 Å². The molecule has 2 rings (SSSR count). The lowest BCUT2D eigenvalue weighted by molar-refractivity contribution is 0.102. The monoisotopic (exact) mass is 303 g/mol. The van der Waals surface area contributed by atoms with Gasteiger partial charge < -0.3 is 20.8 Å². The number of aromatic amines is 1. The van der Waals surface area contributed by atoms with Gasteiger partial charge in [0, 0.05) is 23.4 Å². The number of carbonyl (C=O) groups excluding carboxylic acids is 1. The van der Waals surface area contributed by atoms with E-state index in [1.807, 2.05) is 0 Å². The van der Waals surface area contributed by atoms with Crippen LogP contribution in [0.2, 0.25) is 0 Å². The predicted octanol–water partition coefficient (Wildman–Crippen LogP) is 1.27. The second-order valence-corrected chi connectivity index (χ2v) is 4.61. The lowest BCUT2D eigenvalue weighted by atomic mass is 10.1. The Morgan fingerprint density at radius 3 is 2.67 bits per heavy atom. The number of anilines is 1. The van der Waals surface area contributed by atoms with Gasteiger partial charge in [-0.15, -0.1) is 0 Å². The normalized spacial score (nSPS) is 9.95. The number of rotatable bonds is 4. The largest absolute Gasteiger partial charge is 0.495 e. The Morgan fingerprint density at radius 2 is 2.05 bits per heavy atom. The van der Waals surface area contributed by atoms with E-state index >= 15 is 0 Å². The van der Waals surface area contributed by atoms with Crippen molar-refractivity contribution >= 4 is 28.8 Å². The summed E-state index contributed by atoms with van der Waals surface area (Å²) in [5.41, 5.74) is 6.54. The van der Waals surface area contributed by atoms with Gasteiger partial charge >= 0.3 is 0 Å². The van der Waals surface area contributed by atoms with E-state index in [0.29, 0.717) is 17.0 Å². The molecule has 1 amide bonds. The van der Waals surface area contributed by atoms with Crippen LogP contribution in [-0.2, 0) is 0 Å². The van der Waals surface area contributed by atoms with E-state index in [1.165, 1.54) is 25.4 Å². The first-order valence-corrected chi connectivity index (χ1v) is 6.40. The number of H-pyrrole nitrogens is 1. The number of hydrogen-bond donors (Lipinski definition) is 3. The van der Waals surface area contributed by atoms with E-state index in [2.05, 4.69) is 10.3 Å². The maximum absolute atomic E-state index is 12.1. The smallest absolute Gasteiger partial charge is 0.256 e. The van der Waals surface area contributed by atoms with Crippen LogP contribution in [0, 0.1) is 0 Å². The van der Waals surface area contributed by atoms with Crippen LogP contribution < -0.4 is 21.3 Å². The standard InChI is InChI=1S/C14H13N3O3S/c1-20-11-6-8(13(15)21)2-3-10(11)17-14(19)9-4-5-16-12(18)7-9/h2-7H,1H3,(H2,15,21)(H,16,18)(H,17,19). The summed E-state index contributed by atoms with van der Waals surface area (Å²) in [6, 6.07) is 7.67. The highest BCUT2D eigenvalue weighted by atomic mass is 32.1. The lowest BCUT2D eigenvalue weighted by Gasteiger charge is -2.11. The fourth-order valence-corrected chi connectivity index (χ4v) is 1.86. The molecule has 108 valence electrons. The summed E-state index contributed by atoms with van der Waals surface area (Å²) in [5, 5.41) is 2.67. The zero-order valence-electron chi connectivity index (χ0n) is 11.2. The Bertz CT molecular complexity index is 755. The number of aromatic nitrogens is 1. The van der Waals surface area contributed by atoms with Crippen LogP contribution in [0.25, 0.3) is 0 Å². The topological polar surface area (TPSA) is 97.2 Å². The number of methoxy groups -OCH3 is 1. The van der Waals surface area contributed by atoms with Gasteiger partial charge in [-0.05, 0) is 24.3 Å². The number of ether oxygens (including phenoxy) is 1. The SMILES string of the molecule is COc1cc(C(N)=S)ccc1NC(=O)c1cc[nH]c(=O)c1. The third-order valence-corrected chi connectivity index (χ3v) is 3.01. The van der Waals surface area contributed by atoms with Gasteiger partial charge in [-0.3, -0.25) is 9.59 Å². The van der Waals surface area contributed by atoms with Crippen molar-refractivity contribution in [1.29, 1.82) is 0 Å². The van der Waals surface area contributed by atoms with E-state index < -0.39 is 5.91 Å². The second-order valence-electron chi connectivity index (χ2n) is 4.18. The van der Waals surface area contributed by atoms with Crippen LogP contribution in [0.1, 0.15) is 15.9 Å². The minimum Gasteiger partial charge on any atom is -0.495 e. The first-order chi connectivity index (χ1) is 10.0. The second kappa shape index (κ2) is 6.19. The van der Waals surface area contributed by atoms with Crippen molar-refractivity contribution in [2.24, 2.45) is 5.73 Å². The predicted molar refractivity (Wildman–Crippen MR) is 83.9 cm³/mol. The van der Waals surface area contributed by atoms with E-state index in [0.717, 1.165) is 0 Å². The molecule has 21 heavy (non-hydrogen) atoms. The number of nitrogens with two attached hydrogens (primary N) is 1. The molecule has 1 heterocycles. The maximum Gasteiger partial charge on any atom is 0.256 e. The lowest BCUT2D eigenvalue weighted by Crippen LogP contribution is -2.16. The van der Waals surface area contributed by atoms with E-state index in [9.17, 15) is 9.59 Å². The van der Waals surface area contributed by atoms with Crippen molar-refractivity contribution in [3.63, 3.8) is 0 Å². The summed E-state index contributed by atoms with van der Waals surface area (Å²) in [5.74, 6) is 0.0148. The van der Waals surface area contributed by atoms with Crippen LogP contribution in [-0.4, -0.2) is 23.0 Å². The van der Waals surface area contributed by atoms with Crippen LogP contribution >= 0.6 is 12.2 Å². The molecule has 0 fully saturated rings. The molecule has 0 aliphatic heterocycles. The molecule has 1 aromatic heterocycles. The van der Waals surface area contributed by atoms with Crippen molar-refractivity contribution in [2.75, 3.05) is 12.4 Å². The van der Waals surface area contributed by atoms with Gasteiger partial charge in [-0.1, -0.05) is 12.2 Å². The molecule has 0 aliphatic carbocycles. The zero-order chi connectivity index (χ0) is 15.4. The van der Waals surface area contributed by atoms with Crippen molar-refractivity contribution in [3.05, 3.63) is 58.0 Å². The number of benzene rings is 1. The summed E-state index contributed by atoms with van der Waals surface area (Å²) in [6.07, 6.45) is 1.41. The molecule has 7 heteroatoms. The summed E-state index contributed by atoms with van der Waals surface area (Å²) >= 11 is 4.89. The summed E-state index contributed by atoms with van der Waals surface area (Å²) in [7, 11) is 1.47. The molecule has 0 saturated carbocycles. The molecule has 6 nitrogen and oxygen atoms in total. The fourth-order valence-electron chi connectivity index (χ4n) is 1.73. The Morgan fingerprint density at radius 1 is 1.29 bits per heavy atom. The molecule has 0 saturated heterocycles. The first kappa shape index (κ1) is 14.7. The number of nitrogens with one attached hydrogen (secondary N) is 2. The molecule has 2 aromatic rings. The average Bonchev–Trinajstić information content (AvgIpc) is 2.47. The average molecular weight is 303 g/mol. The molecule has 0 bridgehead atoms. The number of carbonyl (C=O) groups is 1. The molecule has 0 radical (unpaired) electrons. The minimum absolute atomic E-state index is 0.237. The van der Waals surface area contributed by atoms with Gasteiger partial charge in [0.1, 0.15) is 10.7 Å². The van der Waals surface area contributed by atoms with Crippen molar-refractivity contribution in [3.8, 4) is 5.75 Å². The van der Waals surface area contributed by atoms with Crippen LogP contribution in [0.5, 0.6) is 5.75 Å². The Hall–Kier alpha value is -2.67. The fraction of sp³-hybridized carbons (Fsp3) is 0.0714. The summed E-state index contributed by atoms with van der Waals surface area (Å²) < 4.78 is 5.20. The number of amides is 1. The van der Waals surface area contributed by atoms with Gasteiger partial charge in [0.2, 0.25) is 5.56 Å². The van der Waals surface area contributed by atoms with Crippen molar-refractivity contribution in [1.82, 2.24) is 4.98 Å². The number of thiocarbonyl (C=S) groups is 1. The molecule has 0 unspecified atom stereocenters. The Kier molecular flexibility index (Phi) is 4.34. The van der Waals surface area contributed by atoms with Gasteiger partial charge in [0.05, 0.1) is 12.8 Å². The van der Waals surface area contributed by atoms with E-state index in [1.54, 1.807) is 18.2 Å². The maximum atomic E-state index is 12.1. The molecule has 0 atom stereocenters. The molecule has 1 aromatic carbocycles. The molecule has 0 spiro atoms. The number of pyridine rings is 1. The highest BCUT2D eigenvalue weighted by molar-refractivity contribution is 7.80. The van der Waals surface area contributed by atoms with Crippen LogP contribution in [0.3, 0.4) is 0 Å². The Labute approximate surface area is 125 Å². The third kappa shape index (κ3) is 3.46. The minimum atomic E-state index is -0.414.